The largest absolute Gasteiger partial charge is 0.326 e. The van der Waals surface area contributed by atoms with Crippen LogP contribution in [0.25, 0.3) is 0 Å². The molecule has 2 aromatic rings. The van der Waals surface area contributed by atoms with E-state index < -0.39 is 15.6 Å². The summed E-state index contributed by atoms with van der Waals surface area (Å²) < 4.78 is 26.4. The minimum Gasteiger partial charge on any atom is -0.326 e. The number of nitrogens with zero attached hydrogens (tertiary/aromatic N) is 1. The molecular weight excluding hydrogens is 310 g/mol. The van der Waals surface area contributed by atoms with E-state index in [0.717, 1.165) is 22.8 Å². The zero-order valence-electron chi connectivity index (χ0n) is 9.81. The number of halogens is 1. The van der Waals surface area contributed by atoms with Crippen LogP contribution in [0.2, 0.25) is 5.02 Å². The SMILES string of the molecule is Cc1ncsc1CNS(=O)(=O)c1c[nH]c(=O)c(Cl)c1. The van der Waals surface area contributed by atoms with Crippen molar-refractivity contribution in [2.75, 3.05) is 0 Å². The zero-order chi connectivity index (χ0) is 14.0. The van der Waals surface area contributed by atoms with Gasteiger partial charge < -0.3 is 4.98 Å². The molecule has 0 fully saturated rings. The number of hydrogen-bond acceptors (Lipinski definition) is 5. The van der Waals surface area contributed by atoms with E-state index in [2.05, 4.69) is 14.7 Å². The lowest BCUT2D eigenvalue weighted by molar-refractivity contribution is 0.581. The van der Waals surface area contributed by atoms with Gasteiger partial charge in [-0.3, -0.25) is 4.79 Å². The lowest BCUT2D eigenvalue weighted by atomic mass is 10.4. The van der Waals surface area contributed by atoms with Gasteiger partial charge in [-0.2, -0.15) is 0 Å². The van der Waals surface area contributed by atoms with Crippen LogP contribution in [0.3, 0.4) is 0 Å². The van der Waals surface area contributed by atoms with E-state index in [1.165, 1.54) is 11.3 Å². The maximum absolute atomic E-state index is 12.0. The van der Waals surface area contributed by atoms with Crippen LogP contribution >= 0.6 is 22.9 Å². The van der Waals surface area contributed by atoms with E-state index in [9.17, 15) is 13.2 Å². The molecule has 2 aromatic heterocycles. The molecule has 0 aliphatic heterocycles. The van der Waals surface area contributed by atoms with Crippen LogP contribution < -0.4 is 10.3 Å². The van der Waals surface area contributed by atoms with Crippen LogP contribution in [0.4, 0.5) is 0 Å². The van der Waals surface area contributed by atoms with Gasteiger partial charge in [-0.1, -0.05) is 11.6 Å². The van der Waals surface area contributed by atoms with Crippen LogP contribution in [0.1, 0.15) is 10.6 Å². The molecule has 0 bridgehead atoms. The van der Waals surface area contributed by atoms with E-state index in [4.69, 9.17) is 11.6 Å². The number of nitrogens with one attached hydrogen (secondary N) is 2. The first-order valence-corrected chi connectivity index (χ1v) is 7.91. The molecule has 2 heterocycles. The quantitative estimate of drug-likeness (QED) is 0.887. The van der Waals surface area contributed by atoms with E-state index in [1.54, 1.807) is 12.4 Å². The number of pyridine rings is 1. The van der Waals surface area contributed by atoms with Crippen LogP contribution in [0, 0.1) is 6.92 Å². The third kappa shape index (κ3) is 3.21. The minimum absolute atomic E-state index is 0.0840. The summed E-state index contributed by atoms with van der Waals surface area (Å²) in [7, 11) is -3.72. The molecule has 0 unspecified atom stereocenters. The van der Waals surface area contributed by atoms with Gasteiger partial charge in [0.1, 0.15) is 5.02 Å². The molecule has 0 aliphatic rings. The van der Waals surface area contributed by atoms with Crippen molar-refractivity contribution in [3.05, 3.63) is 43.7 Å². The smallest absolute Gasteiger partial charge is 0.266 e. The molecule has 0 aromatic carbocycles. The van der Waals surface area contributed by atoms with Gasteiger partial charge >= 0.3 is 0 Å². The van der Waals surface area contributed by atoms with Crippen molar-refractivity contribution < 1.29 is 8.42 Å². The first-order valence-electron chi connectivity index (χ1n) is 5.17. The van der Waals surface area contributed by atoms with Crippen LogP contribution in [-0.4, -0.2) is 18.4 Å². The maximum atomic E-state index is 12.0. The molecule has 0 amide bonds. The van der Waals surface area contributed by atoms with Crippen molar-refractivity contribution in [3.63, 3.8) is 0 Å². The van der Waals surface area contributed by atoms with Gasteiger partial charge in [0, 0.05) is 17.6 Å². The number of rotatable bonds is 4. The predicted molar refractivity (Wildman–Crippen MR) is 72.9 cm³/mol. The lowest BCUT2D eigenvalue weighted by Crippen LogP contribution is -2.24. The standard InChI is InChI=1S/C10H10ClN3O3S2/c1-6-9(18-5-13-6)4-14-19(16,17)7-2-8(11)10(15)12-3-7/h2-3,5,14H,4H2,1H3,(H,12,15). The van der Waals surface area contributed by atoms with Crippen molar-refractivity contribution in [1.29, 1.82) is 0 Å². The summed E-state index contributed by atoms with van der Waals surface area (Å²) in [6.45, 7) is 1.95. The monoisotopic (exact) mass is 319 g/mol. The van der Waals surface area contributed by atoms with Crippen molar-refractivity contribution in [1.82, 2.24) is 14.7 Å². The average molecular weight is 320 g/mol. The summed E-state index contributed by atoms with van der Waals surface area (Å²) in [4.78, 5) is 18.1. The van der Waals surface area contributed by atoms with Crippen molar-refractivity contribution in [2.45, 2.75) is 18.4 Å². The molecule has 0 saturated carbocycles. The van der Waals surface area contributed by atoms with Gasteiger partial charge in [-0.15, -0.1) is 11.3 Å². The van der Waals surface area contributed by atoms with Gasteiger partial charge in [-0.25, -0.2) is 18.1 Å². The number of hydrogen-bond donors (Lipinski definition) is 2. The van der Waals surface area contributed by atoms with E-state index >= 15 is 0 Å². The highest BCUT2D eigenvalue weighted by molar-refractivity contribution is 7.89. The Kier molecular flexibility index (Phi) is 4.04. The molecule has 0 radical (unpaired) electrons. The zero-order valence-corrected chi connectivity index (χ0v) is 12.2. The summed E-state index contributed by atoms with van der Waals surface area (Å²) in [5.41, 5.74) is 1.90. The second-order valence-corrected chi connectivity index (χ2v) is 6.81. The van der Waals surface area contributed by atoms with Gasteiger partial charge in [0.05, 0.1) is 16.1 Å². The fourth-order valence-electron chi connectivity index (χ4n) is 1.33. The second-order valence-electron chi connectivity index (χ2n) is 3.70. The fourth-order valence-corrected chi connectivity index (χ4v) is 3.37. The molecule has 6 nitrogen and oxygen atoms in total. The Labute approximate surface area is 118 Å². The van der Waals surface area contributed by atoms with Gasteiger partial charge in [-0.05, 0) is 13.0 Å². The second kappa shape index (κ2) is 5.41. The Hall–Kier alpha value is -1.22. The number of H-pyrrole nitrogens is 1. The van der Waals surface area contributed by atoms with Crippen molar-refractivity contribution in [2.24, 2.45) is 0 Å². The molecule has 19 heavy (non-hydrogen) atoms. The lowest BCUT2D eigenvalue weighted by Gasteiger charge is -2.06. The van der Waals surface area contributed by atoms with Crippen molar-refractivity contribution in [3.8, 4) is 0 Å². The first-order chi connectivity index (χ1) is 8.90. The van der Waals surface area contributed by atoms with E-state index in [1.807, 2.05) is 0 Å². The molecule has 0 atom stereocenters. The molecule has 0 aliphatic carbocycles. The third-order valence-electron chi connectivity index (χ3n) is 2.41. The Bertz CT molecular complexity index is 751. The molecule has 9 heteroatoms. The Morgan fingerprint density at radius 2 is 2.26 bits per heavy atom. The summed E-state index contributed by atoms with van der Waals surface area (Å²) in [6, 6.07) is 1.11. The molecule has 2 N–H and O–H groups in total. The summed E-state index contributed by atoms with van der Waals surface area (Å²) in [5.74, 6) is 0. The third-order valence-corrected chi connectivity index (χ3v) is 5.01. The van der Waals surface area contributed by atoms with Crippen molar-refractivity contribution >= 4 is 33.0 Å². The first kappa shape index (κ1) is 14.2. The highest BCUT2D eigenvalue weighted by atomic mass is 35.5. The molecular formula is C10H10ClN3O3S2. The molecule has 2 rings (SSSR count). The summed E-state index contributed by atoms with van der Waals surface area (Å²) >= 11 is 6.97. The number of thiazole rings is 1. The van der Waals surface area contributed by atoms with Crippen LogP contribution in [-0.2, 0) is 16.6 Å². The number of aromatic nitrogens is 2. The van der Waals surface area contributed by atoms with Gasteiger partial charge in [0.15, 0.2) is 0 Å². The molecule has 102 valence electrons. The Balaban J connectivity index is 2.21. The Morgan fingerprint density at radius 1 is 1.53 bits per heavy atom. The van der Waals surface area contributed by atoms with E-state index in [0.29, 0.717) is 0 Å². The number of aryl methyl sites for hydroxylation is 1. The average Bonchev–Trinajstić information content (AvgIpc) is 2.76. The van der Waals surface area contributed by atoms with Gasteiger partial charge in [0.25, 0.3) is 5.56 Å². The maximum Gasteiger partial charge on any atom is 0.266 e. The molecule has 0 saturated heterocycles. The van der Waals surface area contributed by atoms with Crippen LogP contribution in [0.5, 0.6) is 0 Å². The summed E-state index contributed by atoms with van der Waals surface area (Å²) in [5, 5.41) is -0.170. The number of aromatic amines is 1. The fraction of sp³-hybridized carbons (Fsp3) is 0.200. The Morgan fingerprint density at radius 3 is 2.84 bits per heavy atom. The topological polar surface area (TPSA) is 91.9 Å². The van der Waals surface area contributed by atoms with Crippen LogP contribution in [0.15, 0.2) is 27.5 Å². The van der Waals surface area contributed by atoms with Gasteiger partial charge in [0.2, 0.25) is 10.0 Å². The highest BCUT2D eigenvalue weighted by Gasteiger charge is 2.16. The molecule has 0 spiro atoms. The number of sulfonamides is 1. The highest BCUT2D eigenvalue weighted by Crippen LogP contribution is 2.14. The minimum atomic E-state index is -3.72. The summed E-state index contributed by atoms with van der Waals surface area (Å²) in [6.07, 6.45) is 1.11. The van der Waals surface area contributed by atoms with E-state index in [-0.39, 0.29) is 16.5 Å². The normalized spacial score (nSPS) is 11.7. The predicted octanol–water partition coefficient (Wildman–Crippen LogP) is 1.27.